The number of carbonyl (C=O) groups is 1. The Hall–Kier alpha value is -2.50. The number of rotatable bonds is 5. The topological polar surface area (TPSA) is 69.4 Å². The van der Waals surface area contributed by atoms with Gasteiger partial charge >= 0.3 is 5.97 Å². The lowest BCUT2D eigenvalue weighted by Gasteiger charge is -1.96. The number of esters is 1. The Kier molecular flexibility index (Phi) is 5.40. The third kappa shape index (κ3) is 4.71. The SMILES string of the molecule is CCOC(=O)/C(F)=C/C=C/c1ccc([N+](=O)[O-])cc1. The van der Waals surface area contributed by atoms with Crippen molar-refractivity contribution in [3.63, 3.8) is 0 Å². The van der Waals surface area contributed by atoms with Crippen LogP contribution < -0.4 is 0 Å². The second kappa shape index (κ2) is 7.05. The van der Waals surface area contributed by atoms with Crippen molar-refractivity contribution in [2.45, 2.75) is 6.92 Å². The van der Waals surface area contributed by atoms with E-state index in [9.17, 15) is 19.3 Å². The molecule has 1 rings (SSSR count). The van der Waals surface area contributed by atoms with Crippen molar-refractivity contribution >= 4 is 17.7 Å². The molecule has 0 spiro atoms. The summed E-state index contributed by atoms with van der Waals surface area (Å²) < 4.78 is 17.6. The van der Waals surface area contributed by atoms with Crippen LogP contribution in [0.25, 0.3) is 6.08 Å². The van der Waals surface area contributed by atoms with Gasteiger partial charge in [-0.25, -0.2) is 4.79 Å². The second-order valence-electron chi connectivity index (χ2n) is 3.44. The predicted octanol–water partition coefficient (Wildman–Crippen LogP) is 3.02. The molecule has 1 aromatic carbocycles. The molecule has 0 saturated carbocycles. The van der Waals surface area contributed by atoms with Crippen LogP contribution in [0, 0.1) is 10.1 Å². The van der Waals surface area contributed by atoms with Crippen LogP contribution in [-0.4, -0.2) is 17.5 Å². The summed E-state index contributed by atoms with van der Waals surface area (Å²) in [4.78, 5) is 20.9. The molecular formula is C13H12FNO4. The average Bonchev–Trinajstić information content (AvgIpc) is 2.39. The van der Waals surface area contributed by atoms with E-state index >= 15 is 0 Å². The van der Waals surface area contributed by atoms with Gasteiger partial charge in [0.2, 0.25) is 5.83 Å². The zero-order valence-corrected chi connectivity index (χ0v) is 10.2. The van der Waals surface area contributed by atoms with E-state index in [-0.39, 0.29) is 12.3 Å². The van der Waals surface area contributed by atoms with Crippen molar-refractivity contribution in [2.75, 3.05) is 6.61 Å². The zero-order valence-electron chi connectivity index (χ0n) is 10.2. The molecule has 5 nitrogen and oxygen atoms in total. The van der Waals surface area contributed by atoms with Crippen LogP contribution >= 0.6 is 0 Å². The maximum atomic E-state index is 13.1. The van der Waals surface area contributed by atoms with Crippen molar-refractivity contribution in [1.82, 2.24) is 0 Å². The van der Waals surface area contributed by atoms with E-state index in [2.05, 4.69) is 4.74 Å². The molecule has 0 aromatic heterocycles. The Labute approximate surface area is 109 Å². The number of non-ortho nitro benzene ring substituents is 1. The standard InChI is InChI=1S/C13H12FNO4/c1-2-19-13(16)12(14)5-3-4-10-6-8-11(9-7-10)15(17)18/h3-9H,2H2,1H3/b4-3+,12-5-. The van der Waals surface area contributed by atoms with Crippen LogP contribution in [0.1, 0.15) is 12.5 Å². The lowest BCUT2D eigenvalue weighted by atomic mass is 10.2. The molecular weight excluding hydrogens is 253 g/mol. The Morgan fingerprint density at radius 3 is 2.58 bits per heavy atom. The number of allylic oxidation sites excluding steroid dienone is 2. The first-order chi connectivity index (χ1) is 9.04. The van der Waals surface area contributed by atoms with E-state index in [1.807, 2.05) is 0 Å². The number of ether oxygens (including phenoxy) is 1. The molecule has 0 saturated heterocycles. The average molecular weight is 265 g/mol. The molecule has 1 aromatic rings. The number of nitro groups is 1. The summed E-state index contributed by atoms with van der Waals surface area (Å²) in [6.07, 6.45) is 3.81. The van der Waals surface area contributed by atoms with E-state index < -0.39 is 16.7 Å². The molecule has 0 aliphatic rings. The summed E-state index contributed by atoms with van der Waals surface area (Å²) in [5.41, 5.74) is 0.629. The smallest absolute Gasteiger partial charge is 0.367 e. The van der Waals surface area contributed by atoms with Gasteiger partial charge in [0.15, 0.2) is 0 Å². The lowest BCUT2D eigenvalue weighted by Crippen LogP contribution is -2.03. The number of carbonyl (C=O) groups excluding carboxylic acids is 1. The number of halogens is 1. The first kappa shape index (κ1) is 14.6. The number of hydrogen-bond donors (Lipinski definition) is 0. The van der Waals surface area contributed by atoms with Gasteiger partial charge in [-0.15, -0.1) is 0 Å². The van der Waals surface area contributed by atoms with Crippen LogP contribution in [0.15, 0.2) is 42.2 Å². The number of benzene rings is 1. The molecule has 0 aliphatic carbocycles. The minimum atomic E-state index is -1.02. The summed E-state index contributed by atoms with van der Waals surface area (Å²) in [6.45, 7) is 1.68. The van der Waals surface area contributed by atoms with Crippen molar-refractivity contribution in [3.8, 4) is 0 Å². The molecule has 0 radical (unpaired) electrons. The van der Waals surface area contributed by atoms with E-state index in [0.29, 0.717) is 5.56 Å². The number of nitro benzene ring substituents is 1. The second-order valence-corrected chi connectivity index (χ2v) is 3.44. The van der Waals surface area contributed by atoms with Crippen LogP contribution in [0.4, 0.5) is 10.1 Å². The molecule has 19 heavy (non-hydrogen) atoms. The zero-order chi connectivity index (χ0) is 14.3. The molecule has 0 N–H and O–H groups in total. The first-order valence-corrected chi connectivity index (χ1v) is 5.50. The number of nitrogens with zero attached hydrogens (tertiary/aromatic N) is 1. The van der Waals surface area contributed by atoms with Crippen LogP contribution in [-0.2, 0) is 9.53 Å². The van der Waals surface area contributed by atoms with Crippen molar-refractivity contribution in [3.05, 3.63) is 57.9 Å². The Balaban J connectivity index is 2.69. The largest absolute Gasteiger partial charge is 0.461 e. The molecule has 6 heteroatoms. The highest BCUT2D eigenvalue weighted by molar-refractivity contribution is 5.86. The van der Waals surface area contributed by atoms with E-state index in [0.717, 1.165) is 6.08 Å². The normalized spacial score (nSPS) is 11.6. The highest BCUT2D eigenvalue weighted by Crippen LogP contribution is 2.13. The highest BCUT2D eigenvalue weighted by atomic mass is 19.1. The molecule has 0 aliphatic heterocycles. The number of hydrogen-bond acceptors (Lipinski definition) is 4. The summed E-state index contributed by atoms with van der Waals surface area (Å²) in [5, 5.41) is 10.4. The molecule has 0 bridgehead atoms. The minimum Gasteiger partial charge on any atom is -0.461 e. The lowest BCUT2D eigenvalue weighted by molar-refractivity contribution is -0.384. The summed E-state index contributed by atoms with van der Waals surface area (Å²) in [7, 11) is 0. The fraction of sp³-hybridized carbons (Fsp3) is 0.154. The molecule has 0 amide bonds. The van der Waals surface area contributed by atoms with E-state index in [4.69, 9.17) is 0 Å². The first-order valence-electron chi connectivity index (χ1n) is 5.50. The van der Waals surface area contributed by atoms with Gasteiger partial charge in [0.05, 0.1) is 11.5 Å². The summed E-state index contributed by atoms with van der Waals surface area (Å²) >= 11 is 0. The molecule has 0 fully saturated rings. The van der Waals surface area contributed by atoms with E-state index in [1.165, 1.54) is 36.4 Å². The van der Waals surface area contributed by atoms with E-state index in [1.54, 1.807) is 6.92 Å². The molecule has 0 unspecified atom stereocenters. The maximum absolute atomic E-state index is 13.1. The third-order valence-electron chi connectivity index (χ3n) is 2.11. The fourth-order valence-corrected chi connectivity index (χ4v) is 1.22. The van der Waals surface area contributed by atoms with Gasteiger partial charge in [-0.2, -0.15) is 4.39 Å². The third-order valence-corrected chi connectivity index (χ3v) is 2.11. The summed E-state index contributed by atoms with van der Waals surface area (Å²) in [5.74, 6) is -2.02. The van der Waals surface area contributed by atoms with Gasteiger partial charge in [0.25, 0.3) is 5.69 Å². The Morgan fingerprint density at radius 2 is 2.05 bits per heavy atom. The predicted molar refractivity (Wildman–Crippen MR) is 68.0 cm³/mol. The van der Waals surface area contributed by atoms with Gasteiger partial charge in [0, 0.05) is 12.1 Å². The van der Waals surface area contributed by atoms with Crippen molar-refractivity contribution < 1.29 is 18.8 Å². The van der Waals surface area contributed by atoms with Crippen LogP contribution in [0.2, 0.25) is 0 Å². The fourth-order valence-electron chi connectivity index (χ4n) is 1.22. The Bertz CT molecular complexity index is 520. The maximum Gasteiger partial charge on any atom is 0.367 e. The van der Waals surface area contributed by atoms with Crippen molar-refractivity contribution in [1.29, 1.82) is 0 Å². The van der Waals surface area contributed by atoms with Gasteiger partial charge in [-0.05, 0) is 30.7 Å². The monoisotopic (exact) mass is 265 g/mol. The van der Waals surface area contributed by atoms with Crippen LogP contribution in [0.5, 0.6) is 0 Å². The van der Waals surface area contributed by atoms with Gasteiger partial charge in [-0.1, -0.05) is 12.2 Å². The molecule has 0 atom stereocenters. The van der Waals surface area contributed by atoms with Gasteiger partial charge in [-0.3, -0.25) is 10.1 Å². The van der Waals surface area contributed by atoms with Crippen LogP contribution in [0.3, 0.4) is 0 Å². The molecule has 0 heterocycles. The molecule has 100 valence electrons. The quantitative estimate of drug-likeness (QED) is 0.270. The van der Waals surface area contributed by atoms with Gasteiger partial charge in [0.1, 0.15) is 0 Å². The Morgan fingerprint density at radius 1 is 1.42 bits per heavy atom. The van der Waals surface area contributed by atoms with Gasteiger partial charge < -0.3 is 4.74 Å². The minimum absolute atomic E-state index is 0.0228. The highest BCUT2D eigenvalue weighted by Gasteiger charge is 2.07. The summed E-state index contributed by atoms with van der Waals surface area (Å²) in [6, 6.07) is 5.71. The van der Waals surface area contributed by atoms with Crippen molar-refractivity contribution in [2.24, 2.45) is 0 Å².